The van der Waals surface area contributed by atoms with E-state index in [2.05, 4.69) is 5.32 Å². The van der Waals surface area contributed by atoms with Gasteiger partial charge in [0.05, 0.1) is 19.8 Å². The normalized spacial score (nSPS) is 11.9. The Morgan fingerprint density at radius 3 is 2.88 bits per heavy atom. The topological polar surface area (TPSA) is 58.6 Å². The lowest BCUT2D eigenvalue weighted by molar-refractivity contribution is -0.119. The Balaban J connectivity index is 2.65. The lowest BCUT2D eigenvalue weighted by atomic mass is 10.1. The minimum absolute atomic E-state index is 0.0726. The van der Waals surface area contributed by atoms with Gasteiger partial charge in [0.25, 0.3) is 0 Å². The molecule has 0 aliphatic heterocycles. The van der Waals surface area contributed by atoms with Crippen LogP contribution in [0.15, 0.2) is 24.3 Å². The first-order chi connectivity index (χ1) is 7.65. The fourth-order valence-corrected chi connectivity index (χ4v) is 1.53. The number of benzene rings is 1. The minimum Gasteiger partial charge on any atom is -0.497 e. The number of hydrogen-bond acceptors (Lipinski definition) is 3. The SMILES string of the molecule is COc1cccc(C[C@@H](CO)NC(C)=O)c1. The van der Waals surface area contributed by atoms with Crippen LogP contribution in [-0.4, -0.2) is 30.8 Å². The summed E-state index contributed by atoms with van der Waals surface area (Å²) in [5.41, 5.74) is 1.02. The third-order valence-electron chi connectivity index (χ3n) is 2.24. The average molecular weight is 223 g/mol. The molecule has 0 spiro atoms. The molecule has 0 heterocycles. The Morgan fingerprint density at radius 1 is 1.56 bits per heavy atom. The highest BCUT2D eigenvalue weighted by Gasteiger charge is 2.09. The molecule has 1 rings (SSSR count). The van der Waals surface area contributed by atoms with E-state index in [1.165, 1.54) is 6.92 Å². The van der Waals surface area contributed by atoms with Gasteiger partial charge in [-0.15, -0.1) is 0 Å². The summed E-state index contributed by atoms with van der Waals surface area (Å²) in [6.45, 7) is 1.37. The van der Waals surface area contributed by atoms with Crippen LogP contribution in [-0.2, 0) is 11.2 Å². The van der Waals surface area contributed by atoms with Crippen molar-refractivity contribution >= 4 is 5.91 Å². The van der Waals surface area contributed by atoms with Gasteiger partial charge in [-0.2, -0.15) is 0 Å². The van der Waals surface area contributed by atoms with Gasteiger partial charge in [-0.3, -0.25) is 4.79 Å². The third kappa shape index (κ3) is 3.90. The van der Waals surface area contributed by atoms with E-state index < -0.39 is 0 Å². The number of nitrogens with one attached hydrogen (secondary N) is 1. The molecule has 1 amide bonds. The molecule has 0 fully saturated rings. The van der Waals surface area contributed by atoms with Crippen LogP contribution >= 0.6 is 0 Å². The molecule has 0 unspecified atom stereocenters. The predicted molar refractivity (Wildman–Crippen MR) is 61.4 cm³/mol. The maximum absolute atomic E-state index is 10.9. The summed E-state index contributed by atoms with van der Waals surface area (Å²) in [5, 5.41) is 11.8. The number of rotatable bonds is 5. The van der Waals surface area contributed by atoms with Crippen molar-refractivity contribution in [2.24, 2.45) is 0 Å². The maximum Gasteiger partial charge on any atom is 0.217 e. The first-order valence-corrected chi connectivity index (χ1v) is 5.16. The molecule has 0 aliphatic carbocycles. The number of methoxy groups -OCH3 is 1. The third-order valence-corrected chi connectivity index (χ3v) is 2.24. The highest BCUT2D eigenvalue weighted by atomic mass is 16.5. The fourth-order valence-electron chi connectivity index (χ4n) is 1.53. The monoisotopic (exact) mass is 223 g/mol. The Morgan fingerprint density at radius 2 is 2.31 bits per heavy atom. The van der Waals surface area contributed by atoms with E-state index in [0.717, 1.165) is 11.3 Å². The smallest absolute Gasteiger partial charge is 0.217 e. The van der Waals surface area contributed by atoms with Gasteiger partial charge in [0.1, 0.15) is 5.75 Å². The van der Waals surface area contributed by atoms with Gasteiger partial charge >= 0.3 is 0 Å². The molecule has 4 nitrogen and oxygen atoms in total. The van der Waals surface area contributed by atoms with Gasteiger partial charge in [0.15, 0.2) is 0 Å². The lowest BCUT2D eigenvalue weighted by Gasteiger charge is -2.15. The van der Waals surface area contributed by atoms with Gasteiger partial charge < -0.3 is 15.2 Å². The highest BCUT2D eigenvalue weighted by Crippen LogP contribution is 2.13. The van der Waals surface area contributed by atoms with Crippen LogP contribution in [0.25, 0.3) is 0 Å². The molecule has 4 heteroatoms. The second-order valence-electron chi connectivity index (χ2n) is 3.64. The summed E-state index contributed by atoms with van der Waals surface area (Å²) in [6, 6.07) is 7.33. The Labute approximate surface area is 95.2 Å². The number of hydrogen-bond donors (Lipinski definition) is 2. The largest absolute Gasteiger partial charge is 0.497 e. The summed E-state index contributed by atoms with van der Waals surface area (Å²) in [5.74, 6) is 0.638. The highest BCUT2D eigenvalue weighted by molar-refractivity contribution is 5.73. The number of amides is 1. The summed E-state index contributed by atoms with van der Waals surface area (Å²) in [7, 11) is 1.61. The van der Waals surface area contributed by atoms with Crippen molar-refractivity contribution in [2.75, 3.05) is 13.7 Å². The van der Waals surface area contributed by atoms with Crippen molar-refractivity contribution in [3.8, 4) is 5.75 Å². The second-order valence-corrected chi connectivity index (χ2v) is 3.64. The van der Waals surface area contributed by atoms with E-state index >= 15 is 0 Å². The molecule has 0 saturated heterocycles. The van der Waals surface area contributed by atoms with Gasteiger partial charge in [-0.25, -0.2) is 0 Å². The Hall–Kier alpha value is -1.55. The second kappa shape index (κ2) is 6.12. The van der Waals surface area contributed by atoms with Crippen molar-refractivity contribution < 1.29 is 14.6 Å². The molecule has 1 aromatic carbocycles. The van der Waals surface area contributed by atoms with Crippen molar-refractivity contribution in [1.29, 1.82) is 0 Å². The zero-order chi connectivity index (χ0) is 12.0. The number of carbonyl (C=O) groups is 1. The van der Waals surface area contributed by atoms with Crippen LogP contribution in [0.5, 0.6) is 5.75 Å². The van der Waals surface area contributed by atoms with Crippen LogP contribution in [0.1, 0.15) is 12.5 Å². The van der Waals surface area contributed by atoms with E-state index in [1.54, 1.807) is 7.11 Å². The number of carbonyl (C=O) groups excluding carboxylic acids is 1. The van der Waals surface area contributed by atoms with E-state index in [1.807, 2.05) is 24.3 Å². The fraction of sp³-hybridized carbons (Fsp3) is 0.417. The van der Waals surface area contributed by atoms with Crippen LogP contribution in [0.3, 0.4) is 0 Å². The van der Waals surface area contributed by atoms with E-state index in [0.29, 0.717) is 6.42 Å². The van der Waals surface area contributed by atoms with Gasteiger partial charge in [0, 0.05) is 6.92 Å². The molecule has 0 radical (unpaired) electrons. The first kappa shape index (κ1) is 12.5. The van der Waals surface area contributed by atoms with Gasteiger partial charge in [-0.1, -0.05) is 12.1 Å². The molecule has 0 aromatic heterocycles. The maximum atomic E-state index is 10.9. The molecule has 88 valence electrons. The summed E-state index contributed by atoms with van der Waals surface area (Å²) in [4.78, 5) is 10.9. The predicted octanol–water partition coefficient (Wildman–Crippen LogP) is 0.735. The summed E-state index contributed by atoms with van der Waals surface area (Å²) in [6.07, 6.45) is 0.591. The molecular weight excluding hydrogens is 206 g/mol. The average Bonchev–Trinajstić information content (AvgIpc) is 2.28. The van der Waals surface area contributed by atoms with Crippen LogP contribution in [0.2, 0.25) is 0 Å². The molecule has 0 aliphatic rings. The van der Waals surface area contributed by atoms with E-state index in [9.17, 15) is 4.79 Å². The van der Waals surface area contributed by atoms with Gasteiger partial charge in [-0.05, 0) is 24.1 Å². The Bertz CT molecular complexity index is 352. The van der Waals surface area contributed by atoms with Crippen molar-refractivity contribution in [1.82, 2.24) is 5.32 Å². The molecular formula is C12H17NO3. The van der Waals surface area contributed by atoms with Crippen molar-refractivity contribution in [3.05, 3.63) is 29.8 Å². The van der Waals surface area contributed by atoms with E-state index in [-0.39, 0.29) is 18.6 Å². The summed E-state index contributed by atoms with van der Waals surface area (Å²) < 4.78 is 5.10. The molecule has 2 N–H and O–H groups in total. The van der Waals surface area contributed by atoms with Crippen molar-refractivity contribution in [2.45, 2.75) is 19.4 Å². The molecule has 16 heavy (non-hydrogen) atoms. The molecule has 0 bridgehead atoms. The van der Waals surface area contributed by atoms with Crippen LogP contribution in [0, 0.1) is 0 Å². The lowest BCUT2D eigenvalue weighted by Crippen LogP contribution is -2.37. The zero-order valence-electron chi connectivity index (χ0n) is 9.56. The number of aliphatic hydroxyl groups is 1. The zero-order valence-corrected chi connectivity index (χ0v) is 9.56. The number of ether oxygens (including phenoxy) is 1. The Kier molecular flexibility index (Phi) is 4.79. The van der Waals surface area contributed by atoms with Crippen LogP contribution in [0.4, 0.5) is 0 Å². The van der Waals surface area contributed by atoms with Crippen LogP contribution < -0.4 is 10.1 Å². The summed E-state index contributed by atoms with van der Waals surface area (Å²) >= 11 is 0. The minimum atomic E-state index is -0.246. The van der Waals surface area contributed by atoms with Gasteiger partial charge in [0.2, 0.25) is 5.91 Å². The number of aliphatic hydroxyl groups excluding tert-OH is 1. The molecule has 1 aromatic rings. The van der Waals surface area contributed by atoms with Crippen molar-refractivity contribution in [3.63, 3.8) is 0 Å². The molecule has 1 atom stereocenters. The van der Waals surface area contributed by atoms with E-state index in [4.69, 9.17) is 9.84 Å². The molecule has 0 saturated carbocycles. The standard InChI is InChI=1S/C12H17NO3/c1-9(15)13-11(8-14)6-10-4-3-5-12(7-10)16-2/h3-5,7,11,14H,6,8H2,1-2H3,(H,13,15)/t11-/m0/s1. The first-order valence-electron chi connectivity index (χ1n) is 5.16. The quantitative estimate of drug-likeness (QED) is 0.774.